The number of fused-ring (bicyclic) bond motifs is 1. The van der Waals surface area contributed by atoms with Crippen molar-refractivity contribution in [2.45, 2.75) is 25.2 Å². The Bertz CT molecular complexity index is 347. The fraction of sp³-hybridized carbons (Fsp3) is 0.400. The van der Waals surface area contributed by atoms with E-state index in [1.807, 2.05) is 0 Å². The lowest BCUT2D eigenvalue weighted by atomic mass is 10.0. The zero-order valence-electron chi connectivity index (χ0n) is 7.15. The Labute approximate surface area is 80.5 Å². The summed E-state index contributed by atoms with van der Waals surface area (Å²) in [6.07, 6.45) is -0.177. The molecule has 0 spiro atoms. The lowest BCUT2D eigenvalue weighted by molar-refractivity contribution is -0.00979. The monoisotopic (exact) mass is 202 g/mol. The molecule has 3 heteroatoms. The Morgan fingerprint density at radius 3 is 2.77 bits per heavy atom. The lowest BCUT2D eigenvalue weighted by Crippen LogP contribution is -2.19. The van der Waals surface area contributed by atoms with Gasteiger partial charge in [-0.05, 0) is 17.2 Å². The van der Waals surface area contributed by atoms with Crippen LogP contribution in [-0.4, -0.2) is 5.92 Å². The van der Waals surface area contributed by atoms with Gasteiger partial charge in [-0.2, -0.15) is 0 Å². The van der Waals surface area contributed by atoms with Crippen molar-refractivity contribution in [2.24, 2.45) is 0 Å². The third-order valence-electron chi connectivity index (χ3n) is 2.64. The molecule has 0 aromatic heterocycles. The van der Waals surface area contributed by atoms with Crippen LogP contribution in [0.25, 0.3) is 0 Å². The smallest absolute Gasteiger partial charge is 0.206 e. The van der Waals surface area contributed by atoms with Crippen LogP contribution >= 0.6 is 11.6 Å². The molecule has 1 aromatic rings. The zero-order valence-corrected chi connectivity index (χ0v) is 7.91. The van der Waals surface area contributed by atoms with E-state index < -0.39 is 11.8 Å². The van der Waals surface area contributed by atoms with Crippen LogP contribution in [0.3, 0.4) is 0 Å². The maximum Gasteiger partial charge on any atom is 0.258 e. The van der Waals surface area contributed by atoms with Crippen LogP contribution < -0.4 is 0 Å². The summed E-state index contributed by atoms with van der Waals surface area (Å²) in [5.41, 5.74) is 1.30. The average molecular weight is 203 g/mol. The Morgan fingerprint density at radius 2 is 2.15 bits per heavy atom. The summed E-state index contributed by atoms with van der Waals surface area (Å²) < 4.78 is 26.5. The first-order chi connectivity index (χ1) is 6.02. The standard InChI is InChI=1S/C10H9ClF2/c1-6-9-7(5-10(6,12)13)3-2-4-8(9)11/h2-4,6H,5H2,1H3. The summed E-state index contributed by atoms with van der Waals surface area (Å²) >= 11 is 5.86. The molecule has 1 aromatic carbocycles. The summed E-state index contributed by atoms with van der Waals surface area (Å²) in [5, 5.41) is 0.460. The minimum atomic E-state index is -2.63. The fourth-order valence-electron chi connectivity index (χ4n) is 1.84. The van der Waals surface area contributed by atoms with Gasteiger partial charge in [0.1, 0.15) is 0 Å². The van der Waals surface area contributed by atoms with E-state index in [0.717, 1.165) is 0 Å². The predicted octanol–water partition coefficient (Wildman–Crippen LogP) is 3.63. The molecular weight excluding hydrogens is 194 g/mol. The highest BCUT2D eigenvalue weighted by Gasteiger charge is 2.45. The van der Waals surface area contributed by atoms with Gasteiger partial charge in [0.15, 0.2) is 0 Å². The van der Waals surface area contributed by atoms with E-state index >= 15 is 0 Å². The Hall–Kier alpha value is -0.630. The van der Waals surface area contributed by atoms with Crippen LogP contribution in [0.1, 0.15) is 24.0 Å². The molecule has 70 valence electrons. The van der Waals surface area contributed by atoms with Crippen LogP contribution in [0.4, 0.5) is 8.78 Å². The molecule has 0 heterocycles. The van der Waals surface area contributed by atoms with E-state index in [2.05, 4.69) is 0 Å². The van der Waals surface area contributed by atoms with Crippen molar-refractivity contribution < 1.29 is 8.78 Å². The van der Waals surface area contributed by atoms with Gasteiger partial charge in [0.2, 0.25) is 0 Å². The largest absolute Gasteiger partial charge is 0.258 e. The summed E-state index contributed by atoms with van der Waals surface area (Å²) in [5.74, 6) is -3.39. The van der Waals surface area contributed by atoms with Crippen LogP contribution in [0.5, 0.6) is 0 Å². The normalized spacial score (nSPS) is 24.5. The highest BCUT2D eigenvalue weighted by Crippen LogP contribution is 2.46. The van der Waals surface area contributed by atoms with Crippen LogP contribution in [0.15, 0.2) is 18.2 Å². The molecule has 0 amide bonds. The summed E-state index contributed by atoms with van der Waals surface area (Å²) in [4.78, 5) is 0. The number of alkyl halides is 2. The van der Waals surface area contributed by atoms with E-state index in [9.17, 15) is 8.78 Å². The number of halogens is 3. The molecule has 1 aliphatic carbocycles. The molecule has 0 radical (unpaired) electrons. The molecule has 13 heavy (non-hydrogen) atoms. The Morgan fingerprint density at radius 1 is 1.46 bits per heavy atom. The summed E-state index contributed by atoms with van der Waals surface area (Å²) in [6, 6.07) is 5.10. The molecule has 1 unspecified atom stereocenters. The van der Waals surface area contributed by atoms with Gasteiger partial charge in [-0.25, -0.2) is 8.78 Å². The first-order valence-corrected chi connectivity index (χ1v) is 4.55. The number of hydrogen-bond donors (Lipinski definition) is 0. The minimum absolute atomic E-state index is 0.177. The van der Waals surface area contributed by atoms with Gasteiger partial charge >= 0.3 is 0 Å². The quantitative estimate of drug-likeness (QED) is 0.603. The Balaban J connectivity index is 2.57. The third kappa shape index (κ3) is 1.24. The van der Waals surface area contributed by atoms with Gasteiger partial charge in [-0.3, -0.25) is 0 Å². The van der Waals surface area contributed by atoms with Crippen LogP contribution in [0.2, 0.25) is 5.02 Å². The highest BCUT2D eigenvalue weighted by molar-refractivity contribution is 6.31. The summed E-state index contributed by atoms with van der Waals surface area (Å²) in [6.45, 7) is 1.53. The number of rotatable bonds is 0. The molecule has 1 aliphatic rings. The van der Waals surface area contributed by atoms with E-state index in [1.54, 1.807) is 18.2 Å². The number of benzene rings is 1. The van der Waals surface area contributed by atoms with E-state index in [0.29, 0.717) is 16.1 Å². The maximum atomic E-state index is 13.3. The van der Waals surface area contributed by atoms with Crippen molar-refractivity contribution in [1.29, 1.82) is 0 Å². The van der Waals surface area contributed by atoms with Crippen molar-refractivity contribution in [3.8, 4) is 0 Å². The molecule has 0 saturated heterocycles. The first kappa shape index (κ1) is 8.95. The van der Waals surface area contributed by atoms with Crippen molar-refractivity contribution in [2.75, 3.05) is 0 Å². The minimum Gasteiger partial charge on any atom is -0.206 e. The topological polar surface area (TPSA) is 0 Å². The second kappa shape index (κ2) is 2.68. The van der Waals surface area contributed by atoms with Crippen molar-refractivity contribution in [3.63, 3.8) is 0 Å². The summed E-state index contributed by atoms with van der Waals surface area (Å²) in [7, 11) is 0. The van der Waals surface area contributed by atoms with Gasteiger partial charge in [0, 0.05) is 17.4 Å². The molecule has 2 rings (SSSR count). The average Bonchev–Trinajstić information content (AvgIpc) is 2.24. The zero-order chi connectivity index (χ0) is 9.64. The number of hydrogen-bond acceptors (Lipinski definition) is 0. The Kier molecular flexibility index (Phi) is 1.84. The van der Waals surface area contributed by atoms with Gasteiger partial charge in [-0.1, -0.05) is 30.7 Å². The second-order valence-electron chi connectivity index (χ2n) is 3.47. The molecular formula is C10H9ClF2. The van der Waals surface area contributed by atoms with Crippen molar-refractivity contribution >= 4 is 11.6 Å². The second-order valence-corrected chi connectivity index (χ2v) is 3.88. The van der Waals surface area contributed by atoms with Crippen LogP contribution in [-0.2, 0) is 6.42 Å². The molecule has 1 atom stereocenters. The van der Waals surface area contributed by atoms with E-state index in [-0.39, 0.29) is 6.42 Å². The molecule has 0 aliphatic heterocycles. The molecule has 0 N–H and O–H groups in total. The van der Waals surface area contributed by atoms with E-state index in [4.69, 9.17) is 11.6 Å². The predicted molar refractivity (Wildman–Crippen MR) is 48.5 cm³/mol. The molecule has 0 fully saturated rings. The lowest BCUT2D eigenvalue weighted by Gasteiger charge is -2.14. The highest BCUT2D eigenvalue weighted by atomic mass is 35.5. The first-order valence-electron chi connectivity index (χ1n) is 4.17. The third-order valence-corrected chi connectivity index (χ3v) is 2.97. The van der Waals surface area contributed by atoms with Crippen LogP contribution in [0, 0.1) is 0 Å². The fourth-order valence-corrected chi connectivity index (χ4v) is 2.20. The maximum absolute atomic E-state index is 13.3. The molecule has 0 saturated carbocycles. The van der Waals surface area contributed by atoms with E-state index in [1.165, 1.54) is 6.92 Å². The van der Waals surface area contributed by atoms with Gasteiger partial charge in [0.25, 0.3) is 5.92 Å². The van der Waals surface area contributed by atoms with Gasteiger partial charge in [0.05, 0.1) is 0 Å². The molecule has 0 nitrogen and oxygen atoms in total. The molecule has 0 bridgehead atoms. The SMILES string of the molecule is CC1c2c(Cl)cccc2CC1(F)F. The van der Waals surface area contributed by atoms with Crippen molar-refractivity contribution in [3.05, 3.63) is 34.3 Å². The van der Waals surface area contributed by atoms with Gasteiger partial charge < -0.3 is 0 Å². The van der Waals surface area contributed by atoms with Crippen molar-refractivity contribution in [1.82, 2.24) is 0 Å². The van der Waals surface area contributed by atoms with Gasteiger partial charge in [-0.15, -0.1) is 0 Å².